The number of ether oxygens (including phenoxy) is 3. The van der Waals surface area contributed by atoms with Gasteiger partial charge in [-0.3, -0.25) is 4.79 Å². The third-order valence-electron chi connectivity index (χ3n) is 2.38. The smallest absolute Gasteiger partial charge is 0.246 e. The summed E-state index contributed by atoms with van der Waals surface area (Å²) in [5.74, 6) is -0.108. The zero-order valence-electron chi connectivity index (χ0n) is 12.5. The molecule has 0 spiro atoms. The minimum atomic E-state index is -0.108. The van der Waals surface area contributed by atoms with Gasteiger partial charge in [0.1, 0.15) is 0 Å². The maximum absolute atomic E-state index is 11.2. The number of carbonyl (C=O) groups excluding carboxylic acids is 1. The molecular weight excluding hydrogens is 260 g/mol. The molecule has 0 aromatic rings. The Balaban J connectivity index is 3.06. The summed E-state index contributed by atoms with van der Waals surface area (Å²) in [4.78, 5) is 11.2. The van der Waals surface area contributed by atoms with Crippen molar-refractivity contribution in [1.29, 1.82) is 0 Å². The molecule has 0 saturated heterocycles. The van der Waals surface area contributed by atoms with Crippen LogP contribution in [0.3, 0.4) is 0 Å². The molecule has 0 atom stereocenters. The van der Waals surface area contributed by atoms with E-state index in [1.807, 2.05) is 0 Å². The monoisotopic (exact) mass is 288 g/mol. The molecule has 3 N–H and O–H groups in total. The molecule has 6 nitrogen and oxygen atoms in total. The van der Waals surface area contributed by atoms with Gasteiger partial charge in [0.05, 0.1) is 26.4 Å². The summed E-state index contributed by atoms with van der Waals surface area (Å²) in [5, 5.41) is 2.74. The molecular formula is C14H28N2O4. The summed E-state index contributed by atoms with van der Waals surface area (Å²) in [5.41, 5.74) is 5.86. The Bertz CT molecular complexity index is 260. The summed E-state index contributed by atoms with van der Waals surface area (Å²) >= 11 is 0. The van der Waals surface area contributed by atoms with Crippen molar-refractivity contribution < 1.29 is 19.0 Å². The Morgan fingerprint density at radius 1 is 1.00 bits per heavy atom. The molecule has 20 heavy (non-hydrogen) atoms. The van der Waals surface area contributed by atoms with E-state index in [4.69, 9.17) is 19.9 Å². The van der Waals surface area contributed by atoms with Crippen molar-refractivity contribution in [2.24, 2.45) is 5.73 Å². The van der Waals surface area contributed by atoms with Gasteiger partial charge in [0.2, 0.25) is 5.91 Å². The topological polar surface area (TPSA) is 82.8 Å². The van der Waals surface area contributed by atoms with Crippen LogP contribution in [0.4, 0.5) is 0 Å². The van der Waals surface area contributed by atoms with Crippen molar-refractivity contribution in [2.45, 2.75) is 19.8 Å². The van der Waals surface area contributed by atoms with E-state index in [0.29, 0.717) is 58.3 Å². The minimum Gasteiger partial charge on any atom is -0.379 e. The van der Waals surface area contributed by atoms with Gasteiger partial charge in [0, 0.05) is 25.3 Å². The second-order valence-electron chi connectivity index (χ2n) is 4.37. The number of nitrogens with two attached hydrogens (primary N) is 1. The summed E-state index contributed by atoms with van der Waals surface area (Å²) < 4.78 is 16.0. The van der Waals surface area contributed by atoms with Crippen LogP contribution in [0.25, 0.3) is 0 Å². The fraction of sp³-hybridized carbons (Fsp3) is 0.786. The number of amides is 1. The molecule has 118 valence electrons. The van der Waals surface area contributed by atoms with Gasteiger partial charge >= 0.3 is 0 Å². The first-order valence-corrected chi connectivity index (χ1v) is 7.05. The van der Waals surface area contributed by atoms with Crippen LogP contribution in [0.1, 0.15) is 19.8 Å². The first kappa shape index (κ1) is 19.1. The normalized spacial score (nSPS) is 10.5. The highest BCUT2D eigenvalue weighted by molar-refractivity contribution is 5.91. The van der Waals surface area contributed by atoms with Crippen LogP contribution in [0, 0.1) is 0 Å². The lowest BCUT2D eigenvalue weighted by atomic mass is 10.3. The van der Waals surface area contributed by atoms with Gasteiger partial charge in [-0.05, 0) is 26.3 Å². The number of hydrogen-bond acceptors (Lipinski definition) is 5. The van der Waals surface area contributed by atoms with Gasteiger partial charge in [-0.2, -0.15) is 0 Å². The molecule has 0 bridgehead atoms. The molecule has 0 aliphatic heterocycles. The minimum absolute atomic E-state index is 0.108. The van der Waals surface area contributed by atoms with E-state index in [1.165, 1.54) is 0 Å². The third-order valence-corrected chi connectivity index (χ3v) is 2.38. The summed E-state index contributed by atoms with van der Waals surface area (Å²) in [7, 11) is 0. The summed E-state index contributed by atoms with van der Waals surface area (Å²) in [6.45, 7) is 10.1. The van der Waals surface area contributed by atoms with Crippen LogP contribution in [-0.2, 0) is 19.0 Å². The zero-order valence-corrected chi connectivity index (χ0v) is 12.5. The van der Waals surface area contributed by atoms with E-state index in [0.717, 1.165) is 12.8 Å². The first-order chi connectivity index (χ1) is 9.68. The number of hydrogen-bond donors (Lipinski definition) is 2. The van der Waals surface area contributed by atoms with Crippen LogP contribution in [0.2, 0.25) is 0 Å². The van der Waals surface area contributed by atoms with Crippen LogP contribution in [-0.4, -0.2) is 58.6 Å². The molecule has 0 saturated carbocycles. The van der Waals surface area contributed by atoms with Crippen LogP contribution in [0.5, 0.6) is 0 Å². The largest absolute Gasteiger partial charge is 0.379 e. The Hall–Kier alpha value is -0.950. The van der Waals surface area contributed by atoms with Crippen molar-refractivity contribution in [1.82, 2.24) is 5.32 Å². The lowest BCUT2D eigenvalue weighted by Crippen LogP contribution is -2.25. The fourth-order valence-electron chi connectivity index (χ4n) is 1.25. The highest BCUT2D eigenvalue weighted by Gasteiger charge is 1.99. The third kappa shape index (κ3) is 13.5. The molecule has 6 heteroatoms. The maximum Gasteiger partial charge on any atom is 0.246 e. The van der Waals surface area contributed by atoms with Gasteiger partial charge in [-0.25, -0.2) is 0 Å². The summed E-state index contributed by atoms with van der Waals surface area (Å²) in [6.07, 6.45) is 1.66. The molecule has 0 unspecified atom stereocenters. The number of carbonyl (C=O) groups is 1. The lowest BCUT2D eigenvalue weighted by Gasteiger charge is -2.07. The molecule has 0 heterocycles. The Labute approximate surface area is 121 Å². The van der Waals surface area contributed by atoms with Gasteiger partial charge < -0.3 is 25.3 Å². The van der Waals surface area contributed by atoms with Crippen LogP contribution in [0.15, 0.2) is 12.2 Å². The van der Waals surface area contributed by atoms with E-state index < -0.39 is 0 Å². The second kappa shape index (κ2) is 14.5. The highest BCUT2D eigenvalue weighted by atomic mass is 16.5. The number of rotatable bonds is 14. The van der Waals surface area contributed by atoms with Crippen molar-refractivity contribution in [3.8, 4) is 0 Å². The van der Waals surface area contributed by atoms with Crippen LogP contribution >= 0.6 is 0 Å². The maximum atomic E-state index is 11.2. The lowest BCUT2D eigenvalue weighted by molar-refractivity contribution is -0.117. The van der Waals surface area contributed by atoms with Gasteiger partial charge in [0.25, 0.3) is 0 Å². The van der Waals surface area contributed by atoms with Gasteiger partial charge in [0.15, 0.2) is 0 Å². The average Bonchev–Trinajstić information content (AvgIpc) is 2.43. The molecule has 0 aliphatic rings. The van der Waals surface area contributed by atoms with E-state index in [2.05, 4.69) is 11.9 Å². The predicted molar refractivity (Wildman–Crippen MR) is 78.6 cm³/mol. The molecule has 0 aromatic carbocycles. The van der Waals surface area contributed by atoms with Crippen molar-refractivity contribution >= 4 is 5.91 Å². The van der Waals surface area contributed by atoms with Gasteiger partial charge in [-0.15, -0.1) is 0 Å². The Morgan fingerprint density at radius 2 is 1.50 bits per heavy atom. The molecule has 0 fully saturated rings. The van der Waals surface area contributed by atoms with Crippen LogP contribution < -0.4 is 11.1 Å². The Morgan fingerprint density at radius 3 is 2.00 bits per heavy atom. The molecule has 1 amide bonds. The number of nitrogens with one attached hydrogen (secondary N) is 1. The summed E-state index contributed by atoms with van der Waals surface area (Å²) in [6, 6.07) is 0. The Kier molecular flexibility index (Phi) is 13.8. The van der Waals surface area contributed by atoms with E-state index in [-0.39, 0.29) is 5.91 Å². The zero-order chi connectivity index (χ0) is 15.1. The molecule has 0 rings (SSSR count). The SMILES string of the molecule is C=C(C)C(=O)NCCCOCCOCCOCCCN. The van der Waals surface area contributed by atoms with E-state index in [9.17, 15) is 4.79 Å². The van der Waals surface area contributed by atoms with Crippen molar-refractivity contribution in [3.63, 3.8) is 0 Å². The fourth-order valence-corrected chi connectivity index (χ4v) is 1.25. The average molecular weight is 288 g/mol. The van der Waals surface area contributed by atoms with Crippen molar-refractivity contribution in [3.05, 3.63) is 12.2 Å². The van der Waals surface area contributed by atoms with Crippen molar-refractivity contribution in [2.75, 3.05) is 52.7 Å². The van der Waals surface area contributed by atoms with Gasteiger partial charge in [-0.1, -0.05) is 6.58 Å². The molecule has 0 radical (unpaired) electrons. The molecule has 0 aromatic heterocycles. The predicted octanol–water partition coefficient (Wildman–Crippen LogP) is 0.467. The standard InChI is InChI=1S/C14H28N2O4/c1-13(2)14(17)16-6-4-8-19-10-12-20-11-9-18-7-3-5-15/h1,3-12,15H2,2H3,(H,16,17). The quantitative estimate of drug-likeness (QED) is 0.358. The first-order valence-electron chi connectivity index (χ1n) is 7.05. The van der Waals surface area contributed by atoms with E-state index >= 15 is 0 Å². The second-order valence-corrected chi connectivity index (χ2v) is 4.37. The molecule has 0 aliphatic carbocycles. The van der Waals surface area contributed by atoms with E-state index in [1.54, 1.807) is 6.92 Å². The highest BCUT2D eigenvalue weighted by Crippen LogP contribution is 1.88.